The maximum absolute atomic E-state index is 12.1. The Bertz CT molecular complexity index is 623. The quantitative estimate of drug-likeness (QED) is 0.913. The van der Waals surface area contributed by atoms with E-state index in [4.69, 9.17) is 0 Å². The molecule has 1 amide bonds. The Morgan fingerprint density at radius 1 is 1.32 bits per heavy atom. The highest BCUT2D eigenvalue weighted by Crippen LogP contribution is 2.18. The highest BCUT2D eigenvalue weighted by Gasteiger charge is 2.23. The molecule has 1 aliphatic heterocycles. The lowest BCUT2D eigenvalue weighted by atomic mass is 10.1. The van der Waals surface area contributed by atoms with Gasteiger partial charge >= 0.3 is 0 Å². The van der Waals surface area contributed by atoms with Gasteiger partial charge < -0.3 is 5.32 Å². The van der Waals surface area contributed by atoms with E-state index in [1.165, 1.54) is 5.56 Å². The molecule has 0 aliphatic carbocycles. The van der Waals surface area contributed by atoms with E-state index in [2.05, 4.69) is 39.6 Å². The Morgan fingerprint density at radius 3 is 2.86 bits per heavy atom. The van der Waals surface area contributed by atoms with E-state index < -0.39 is 0 Å². The summed E-state index contributed by atoms with van der Waals surface area (Å²) in [6.07, 6.45) is 2.78. The normalized spacial score (nSPS) is 18.5. The van der Waals surface area contributed by atoms with Gasteiger partial charge in [0.25, 0.3) is 5.91 Å². The average molecular weight is 298 g/mol. The van der Waals surface area contributed by atoms with Gasteiger partial charge in [0.05, 0.1) is 0 Å². The summed E-state index contributed by atoms with van der Waals surface area (Å²) < 4.78 is 1.60. The first-order chi connectivity index (χ1) is 10.7. The minimum absolute atomic E-state index is 0.0403. The minimum atomic E-state index is -0.0403. The number of hydrogen-bond acceptors (Lipinski definition) is 3. The monoisotopic (exact) mass is 298 g/mol. The van der Waals surface area contributed by atoms with Crippen LogP contribution in [0.15, 0.2) is 42.6 Å². The zero-order valence-corrected chi connectivity index (χ0v) is 12.9. The summed E-state index contributed by atoms with van der Waals surface area (Å²) >= 11 is 0. The summed E-state index contributed by atoms with van der Waals surface area (Å²) in [5.41, 5.74) is 1.96. The zero-order chi connectivity index (χ0) is 15.4. The smallest absolute Gasteiger partial charge is 0.269 e. The number of nitrogens with one attached hydrogen (secondary N) is 1. The number of aryl methyl sites for hydroxylation is 1. The second-order valence-corrected chi connectivity index (χ2v) is 5.93. The van der Waals surface area contributed by atoms with Crippen molar-refractivity contribution < 1.29 is 4.79 Å². The molecule has 1 aliphatic rings. The number of rotatable bonds is 5. The Labute approximate surface area is 130 Å². The number of aromatic nitrogens is 2. The summed E-state index contributed by atoms with van der Waals surface area (Å²) in [6.45, 7) is 3.87. The Morgan fingerprint density at radius 2 is 2.14 bits per heavy atom. The molecule has 0 bridgehead atoms. The molecule has 3 rings (SSSR count). The van der Waals surface area contributed by atoms with E-state index in [9.17, 15) is 4.79 Å². The van der Waals surface area contributed by atoms with Crippen LogP contribution in [0.2, 0.25) is 0 Å². The van der Waals surface area contributed by atoms with Crippen LogP contribution >= 0.6 is 0 Å². The molecule has 2 heterocycles. The maximum atomic E-state index is 12.1. The fourth-order valence-corrected chi connectivity index (χ4v) is 2.99. The molecule has 1 atom stereocenters. The predicted octanol–water partition coefficient (Wildman–Crippen LogP) is 1.67. The van der Waals surface area contributed by atoms with Gasteiger partial charge in [0.15, 0.2) is 0 Å². The number of benzene rings is 1. The second kappa shape index (κ2) is 6.75. The molecule has 5 heteroatoms. The zero-order valence-electron chi connectivity index (χ0n) is 12.9. The fourth-order valence-electron chi connectivity index (χ4n) is 2.99. The topological polar surface area (TPSA) is 50.2 Å². The third-order valence-electron chi connectivity index (χ3n) is 4.22. The van der Waals surface area contributed by atoms with Gasteiger partial charge in [-0.1, -0.05) is 30.3 Å². The molecule has 0 saturated carbocycles. The van der Waals surface area contributed by atoms with Crippen molar-refractivity contribution in [3.8, 4) is 0 Å². The highest BCUT2D eigenvalue weighted by molar-refractivity contribution is 5.92. The van der Waals surface area contributed by atoms with Crippen LogP contribution in [0.25, 0.3) is 0 Å². The Hall–Kier alpha value is -2.14. The van der Waals surface area contributed by atoms with Crippen molar-refractivity contribution >= 4 is 5.91 Å². The van der Waals surface area contributed by atoms with Crippen molar-refractivity contribution in [1.29, 1.82) is 0 Å². The molecule has 2 aromatic rings. The number of carbonyl (C=O) groups is 1. The standard InChI is InChI=1S/C17H22N4O/c1-20-16(7-9-19-20)17(22)18-11-15-8-10-21(13-15)12-14-5-3-2-4-6-14/h2-7,9,15H,8,10-13H2,1H3,(H,18,22)/t15-/m1/s1. The third-order valence-corrected chi connectivity index (χ3v) is 4.22. The first-order valence-electron chi connectivity index (χ1n) is 7.75. The van der Waals surface area contributed by atoms with Crippen molar-refractivity contribution in [3.63, 3.8) is 0 Å². The average Bonchev–Trinajstić information content (AvgIpc) is 3.15. The number of nitrogens with zero attached hydrogens (tertiary/aromatic N) is 3. The molecule has 22 heavy (non-hydrogen) atoms. The fraction of sp³-hybridized carbons (Fsp3) is 0.412. The van der Waals surface area contributed by atoms with Gasteiger partial charge in [0.2, 0.25) is 0 Å². The summed E-state index contributed by atoms with van der Waals surface area (Å²) in [7, 11) is 1.78. The van der Waals surface area contributed by atoms with E-state index in [-0.39, 0.29) is 5.91 Å². The minimum Gasteiger partial charge on any atom is -0.350 e. The van der Waals surface area contributed by atoms with Crippen LogP contribution in [-0.2, 0) is 13.6 Å². The Balaban J connectivity index is 1.45. The summed E-state index contributed by atoms with van der Waals surface area (Å²) in [4.78, 5) is 14.5. The molecule has 1 N–H and O–H groups in total. The van der Waals surface area contributed by atoms with Crippen molar-refractivity contribution in [2.45, 2.75) is 13.0 Å². The SMILES string of the molecule is Cn1nccc1C(=O)NC[C@H]1CCN(Cc2ccccc2)C1. The van der Waals surface area contributed by atoms with Crippen LogP contribution in [0, 0.1) is 5.92 Å². The Kier molecular flexibility index (Phi) is 4.53. The first-order valence-corrected chi connectivity index (χ1v) is 7.75. The number of carbonyl (C=O) groups excluding carboxylic acids is 1. The number of likely N-dealkylation sites (tertiary alicyclic amines) is 1. The van der Waals surface area contributed by atoms with Crippen LogP contribution in [0.3, 0.4) is 0 Å². The van der Waals surface area contributed by atoms with Crippen molar-refractivity contribution in [1.82, 2.24) is 20.0 Å². The molecule has 116 valence electrons. The van der Waals surface area contributed by atoms with E-state index >= 15 is 0 Å². The molecule has 1 aromatic heterocycles. The molecule has 1 fully saturated rings. The van der Waals surface area contributed by atoms with Gasteiger partial charge in [-0.2, -0.15) is 5.10 Å². The lowest BCUT2D eigenvalue weighted by Crippen LogP contribution is -2.32. The highest BCUT2D eigenvalue weighted by atomic mass is 16.2. The van der Waals surface area contributed by atoms with Crippen molar-refractivity contribution in [2.75, 3.05) is 19.6 Å². The largest absolute Gasteiger partial charge is 0.350 e. The predicted molar refractivity (Wildman–Crippen MR) is 85.4 cm³/mol. The van der Waals surface area contributed by atoms with Crippen LogP contribution < -0.4 is 5.32 Å². The van der Waals surface area contributed by atoms with Crippen molar-refractivity contribution in [3.05, 3.63) is 53.9 Å². The lowest BCUT2D eigenvalue weighted by Gasteiger charge is -2.16. The van der Waals surface area contributed by atoms with Crippen LogP contribution in [-0.4, -0.2) is 40.2 Å². The molecule has 5 nitrogen and oxygen atoms in total. The second-order valence-electron chi connectivity index (χ2n) is 5.93. The molecular weight excluding hydrogens is 276 g/mol. The number of hydrogen-bond donors (Lipinski definition) is 1. The third kappa shape index (κ3) is 3.54. The van der Waals surface area contributed by atoms with Crippen LogP contribution in [0.1, 0.15) is 22.5 Å². The summed E-state index contributed by atoms with van der Waals surface area (Å²) in [5, 5.41) is 7.05. The van der Waals surface area contributed by atoms with Gasteiger partial charge in [0, 0.05) is 32.9 Å². The lowest BCUT2D eigenvalue weighted by molar-refractivity contribution is 0.0938. The molecule has 1 saturated heterocycles. The molecule has 0 unspecified atom stereocenters. The van der Waals surface area contributed by atoms with Crippen LogP contribution in [0.5, 0.6) is 0 Å². The van der Waals surface area contributed by atoms with Gasteiger partial charge in [-0.3, -0.25) is 14.4 Å². The molecular formula is C17H22N4O. The van der Waals surface area contributed by atoms with Crippen LogP contribution in [0.4, 0.5) is 0 Å². The van der Waals surface area contributed by atoms with Gasteiger partial charge in [-0.25, -0.2) is 0 Å². The first kappa shape index (κ1) is 14.8. The molecule has 0 radical (unpaired) electrons. The molecule has 0 spiro atoms. The maximum Gasteiger partial charge on any atom is 0.269 e. The van der Waals surface area contributed by atoms with Gasteiger partial charge in [-0.15, -0.1) is 0 Å². The summed E-state index contributed by atoms with van der Waals surface area (Å²) in [6, 6.07) is 12.3. The van der Waals surface area contributed by atoms with E-state index in [1.807, 2.05) is 6.07 Å². The summed E-state index contributed by atoms with van der Waals surface area (Å²) in [5.74, 6) is 0.488. The van der Waals surface area contributed by atoms with E-state index in [0.29, 0.717) is 11.6 Å². The van der Waals surface area contributed by atoms with Gasteiger partial charge in [-0.05, 0) is 30.5 Å². The van der Waals surface area contributed by atoms with E-state index in [0.717, 1.165) is 32.6 Å². The van der Waals surface area contributed by atoms with Crippen molar-refractivity contribution in [2.24, 2.45) is 13.0 Å². The van der Waals surface area contributed by atoms with Gasteiger partial charge in [0.1, 0.15) is 5.69 Å². The number of amides is 1. The molecule has 1 aromatic carbocycles. The van der Waals surface area contributed by atoms with E-state index in [1.54, 1.807) is 24.0 Å².